The zero-order chi connectivity index (χ0) is 26.1. The predicted octanol–water partition coefficient (Wildman–Crippen LogP) is 5.41. The third kappa shape index (κ3) is 3.11. The number of nitrogens with one attached hydrogen (secondary N) is 1. The lowest BCUT2D eigenvalue weighted by molar-refractivity contribution is -0.128. The molecule has 3 aromatic carbocycles. The highest BCUT2D eigenvalue weighted by atomic mass is 19.1. The lowest BCUT2D eigenvalue weighted by Gasteiger charge is -2.38. The van der Waals surface area contributed by atoms with Crippen LogP contribution in [0.2, 0.25) is 0 Å². The maximum atomic E-state index is 15.1. The fraction of sp³-hybridized carbons (Fsp3) is 0.258. The van der Waals surface area contributed by atoms with Gasteiger partial charge in [-0.3, -0.25) is 14.4 Å². The molecule has 4 atom stereocenters. The SMILES string of the molecule is CC(C)(C)C(=O)[C@@H]1[C@@H](C(=O)c2ccccc2F)[C@]2(C(=O)Nc3ccccc32)[C@H]2C=Cc3ccccc3N12. The van der Waals surface area contributed by atoms with Gasteiger partial charge in [-0.2, -0.15) is 0 Å². The number of hydrogen-bond donors (Lipinski definition) is 1. The molecule has 0 unspecified atom stereocenters. The number of fused-ring (bicyclic) bond motifs is 6. The van der Waals surface area contributed by atoms with E-state index in [4.69, 9.17) is 0 Å². The molecule has 37 heavy (non-hydrogen) atoms. The number of halogens is 1. The maximum absolute atomic E-state index is 15.1. The van der Waals surface area contributed by atoms with Crippen molar-refractivity contribution < 1.29 is 18.8 Å². The van der Waals surface area contributed by atoms with Crippen molar-refractivity contribution in [2.45, 2.75) is 38.3 Å². The smallest absolute Gasteiger partial charge is 0.238 e. The number of carbonyl (C=O) groups is 3. The summed E-state index contributed by atoms with van der Waals surface area (Å²) >= 11 is 0. The van der Waals surface area contributed by atoms with Gasteiger partial charge >= 0.3 is 0 Å². The van der Waals surface area contributed by atoms with E-state index < -0.39 is 40.4 Å². The topological polar surface area (TPSA) is 66.5 Å². The highest BCUT2D eigenvalue weighted by Crippen LogP contribution is 2.58. The van der Waals surface area contributed by atoms with Gasteiger partial charge in [0.15, 0.2) is 11.6 Å². The molecule has 3 aliphatic rings. The second kappa shape index (κ2) is 7.97. The van der Waals surface area contributed by atoms with Gasteiger partial charge in [-0.05, 0) is 35.4 Å². The number of carbonyl (C=O) groups excluding carboxylic acids is 3. The molecule has 1 amide bonds. The van der Waals surface area contributed by atoms with Gasteiger partial charge in [0.25, 0.3) is 0 Å². The summed E-state index contributed by atoms with van der Waals surface area (Å²) in [5.41, 5.74) is 0.565. The number of nitrogens with zero attached hydrogens (tertiary/aromatic N) is 1. The lowest BCUT2D eigenvalue weighted by Crippen LogP contribution is -2.51. The van der Waals surface area contributed by atoms with E-state index in [0.29, 0.717) is 11.3 Å². The molecular weight excluding hydrogens is 467 g/mol. The molecule has 0 aliphatic carbocycles. The zero-order valence-electron chi connectivity index (χ0n) is 20.9. The Morgan fingerprint density at radius 1 is 0.946 bits per heavy atom. The molecule has 6 heteroatoms. The van der Waals surface area contributed by atoms with Crippen molar-refractivity contribution in [3.63, 3.8) is 0 Å². The Bertz CT molecular complexity index is 1500. The van der Waals surface area contributed by atoms with Crippen LogP contribution in [0, 0.1) is 17.2 Å². The Morgan fingerprint density at radius 2 is 1.62 bits per heavy atom. The van der Waals surface area contributed by atoms with Crippen molar-refractivity contribution in [3.05, 3.63) is 101 Å². The van der Waals surface area contributed by atoms with Crippen molar-refractivity contribution in [1.82, 2.24) is 0 Å². The highest BCUT2D eigenvalue weighted by molar-refractivity contribution is 6.17. The molecule has 0 bridgehead atoms. The second-order valence-electron chi connectivity index (χ2n) is 11.0. The van der Waals surface area contributed by atoms with Gasteiger partial charge in [0.2, 0.25) is 5.91 Å². The van der Waals surface area contributed by atoms with E-state index in [0.717, 1.165) is 11.3 Å². The van der Waals surface area contributed by atoms with Crippen molar-refractivity contribution in [2.24, 2.45) is 11.3 Å². The summed E-state index contributed by atoms with van der Waals surface area (Å²) in [7, 11) is 0. The third-order valence-corrected chi connectivity index (χ3v) is 7.97. The Hall–Kier alpha value is -4.06. The van der Waals surface area contributed by atoms with Crippen LogP contribution < -0.4 is 10.2 Å². The van der Waals surface area contributed by atoms with Crippen LogP contribution in [0.5, 0.6) is 0 Å². The summed E-state index contributed by atoms with van der Waals surface area (Å²) in [6.07, 6.45) is 3.86. The first-order valence-electron chi connectivity index (χ1n) is 12.5. The van der Waals surface area contributed by atoms with Crippen molar-refractivity contribution in [3.8, 4) is 0 Å². The number of ketones is 2. The summed E-state index contributed by atoms with van der Waals surface area (Å²) in [4.78, 5) is 44.8. The number of anilines is 2. The molecule has 1 fully saturated rings. The minimum atomic E-state index is -1.43. The molecular formula is C31H27FN2O3. The molecule has 0 saturated carbocycles. The first kappa shape index (κ1) is 23.3. The van der Waals surface area contributed by atoms with Crippen LogP contribution in [-0.4, -0.2) is 29.6 Å². The van der Waals surface area contributed by atoms with Crippen LogP contribution in [0.15, 0.2) is 78.9 Å². The molecule has 0 radical (unpaired) electrons. The van der Waals surface area contributed by atoms with E-state index in [-0.39, 0.29) is 17.3 Å². The molecule has 1 saturated heterocycles. The Kier molecular flexibility index (Phi) is 5.03. The minimum Gasteiger partial charge on any atom is -0.352 e. The van der Waals surface area contributed by atoms with Gasteiger partial charge in [0.1, 0.15) is 17.3 Å². The number of para-hydroxylation sites is 2. The van der Waals surface area contributed by atoms with E-state index in [2.05, 4.69) is 5.32 Å². The third-order valence-electron chi connectivity index (χ3n) is 7.97. The Morgan fingerprint density at radius 3 is 2.38 bits per heavy atom. The number of rotatable bonds is 3. The van der Waals surface area contributed by atoms with E-state index in [1.165, 1.54) is 18.2 Å². The van der Waals surface area contributed by atoms with Gasteiger partial charge in [-0.25, -0.2) is 4.39 Å². The van der Waals surface area contributed by atoms with Gasteiger partial charge in [-0.15, -0.1) is 0 Å². The molecule has 6 rings (SSSR count). The summed E-state index contributed by atoms with van der Waals surface area (Å²) in [5.74, 6) is -2.90. The van der Waals surface area contributed by atoms with Crippen LogP contribution in [0.4, 0.5) is 15.8 Å². The maximum Gasteiger partial charge on any atom is 0.238 e. The number of Topliss-reactive ketones (excluding diaryl/α,β-unsaturated/α-hetero) is 2. The van der Waals surface area contributed by atoms with Gasteiger partial charge in [0.05, 0.1) is 17.5 Å². The fourth-order valence-electron chi connectivity index (χ4n) is 6.39. The van der Waals surface area contributed by atoms with Crippen LogP contribution in [0.3, 0.4) is 0 Å². The van der Waals surface area contributed by atoms with E-state index in [1.807, 2.05) is 80.3 Å². The summed E-state index contributed by atoms with van der Waals surface area (Å²) < 4.78 is 15.1. The normalized spacial score (nSPS) is 25.5. The minimum absolute atomic E-state index is 0.118. The van der Waals surface area contributed by atoms with Gasteiger partial charge in [-0.1, -0.05) is 81.5 Å². The fourth-order valence-corrected chi connectivity index (χ4v) is 6.39. The van der Waals surface area contributed by atoms with Crippen LogP contribution >= 0.6 is 0 Å². The van der Waals surface area contributed by atoms with Gasteiger partial charge < -0.3 is 10.2 Å². The van der Waals surface area contributed by atoms with Crippen molar-refractivity contribution >= 4 is 34.9 Å². The zero-order valence-corrected chi connectivity index (χ0v) is 20.9. The van der Waals surface area contributed by atoms with E-state index >= 15 is 4.39 Å². The molecule has 1 N–H and O–H groups in total. The van der Waals surface area contributed by atoms with E-state index in [9.17, 15) is 14.4 Å². The number of benzene rings is 3. The molecule has 186 valence electrons. The Labute approximate surface area is 215 Å². The molecule has 3 aliphatic heterocycles. The second-order valence-corrected chi connectivity index (χ2v) is 11.0. The summed E-state index contributed by atoms with van der Waals surface area (Å²) in [5, 5.41) is 2.98. The van der Waals surface area contributed by atoms with Gasteiger partial charge in [0, 0.05) is 16.8 Å². The Balaban J connectivity index is 1.70. The van der Waals surface area contributed by atoms with Crippen LogP contribution in [0.1, 0.15) is 42.3 Å². The predicted molar refractivity (Wildman–Crippen MR) is 141 cm³/mol. The van der Waals surface area contributed by atoms with Crippen molar-refractivity contribution in [2.75, 3.05) is 10.2 Å². The first-order valence-corrected chi connectivity index (χ1v) is 12.5. The summed E-state index contributed by atoms with van der Waals surface area (Å²) in [6.45, 7) is 5.44. The van der Waals surface area contributed by atoms with Crippen LogP contribution in [0.25, 0.3) is 6.08 Å². The molecule has 3 aromatic rings. The lowest BCUT2D eigenvalue weighted by atomic mass is 9.63. The van der Waals surface area contributed by atoms with Crippen LogP contribution in [-0.2, 0) is 15.0 Å². The molecule has 0 aromatic heterocycles. The monoisotopic (exact) mass is 494 g/mol. The van der Waals surface area contributed by atoms with Crippen molar-refractivity contribution in [1.29, 1.82) is 0 Å². The molecule has 1 spiro atoms. The first-order chi connectivity index (χ1) is 17.7. The quantitative estimate of drug-likeness (QED) is 0.494. The molecule has 5 nitrogen and oxygen atoms in total. The number of hydrogen-bond acceptors (Lipinski definition) is 4. The standard InChI is InChI=1S/C31H27FN2O3/c1-30(2,3)28(36)26-25(27(35)19-11-5-7-13-21(19)32)31(20-12-6-8-14-22(20)33-29(31)37)24-17-16-18-10-4-9-15-23(18)34(24)26/h4-17,24-26H,1-3H3,(H,33,37)/t24-,25+,26+,31-/m1/s1. The summed E-state index contributed by atoms with van der Waals surface area (Å²) in [6, 6.07) is 19.1. The molecule has 3 heterocycles. The largest absolute Gasteiger partial charge is 0.352 e. The number of amides is 1. The average Bonchev–Trinajstić information content (AvgIpc) is 3.35. The van der Waals surface area contributed by atoms with E-state index in [1.54, 1.807) is 12.1 Å². The highest BCUT2D eigenvalue weighted by Gasteiger charge is 2.70. The average molecular weight is 495 g/mol.